The molecule has 0 bridgehead atoms. The summed E-state index contributed by atoms with van der Waals surface area (Å²) in [6.45, 7) is 0. The second kappa shape index (κ2) is 4.55. The van der Waals surface area contributed by atoms with Gasteiger partial charge in [-0.2, -0.15) is 0 Å². The molecule has 0 atom stereocenters. The molecule has 3 aromatic rings. The van der Waals surface area contributed by atoms with E-state index in [1.165, 1.54) is 12.1 Å². The second-order valence-electron chi connectivity index (χ2n) is 3.88. The summed E-state index contributed by atoms with van der Waals surface area (Å²) in [5.41, 5.74) is 7.36. The van der Waals surface area contributed by atoms with Crippen LogP contribution in [0.2, 0.25) is 0 Å². The van der Waals surface area contributed by atoms with Crippen molar-refractivity contribution in [3.8, 4) is 0 Å². The zero-order chi connectivity index (χ0) is 13.4. The minimum absolute atomic E-state index is 0.251. The highest BCUT2D eigenvalue weighted by molar-refractivity contribution is 7.99. The van der Waals surface area contributed by atoms with Crippen LogP contribution in [0, 0.1) is 11.6 Å². The number of hydrogen-bond acceptors (Lipinski definition) is 4. The van der Waals surface area contributed by atoms with Crippen LogP contribution in [-0.4, -0.2) is 4.98 Å². The van der Waals surface area contributed by atoms with E-state index in [-0.39, 0.29) is 10.1 Å². The number of aromatic nitrogens is 1. The van der Waals surface area contributed by atoms with E-state index in [9.17, 15) is 8.78 Å². The normalized spacial score (nSPS) is 11.1. The monoisotopic (exact) mass is 278 g/mol. The molecule has 0 spiro atoms. The molecule has 1 heterocycles. The van der Waals surface area contributed by atoms with E-state index in [2.05, 4.69) is 4.98 Å². The summed E-state index contributed by atoms with van der Waals surface area (Å²) in [4.78, 5) is 4.44. The fourth-order valence-electron chi connectivity index (χ4n) is 1.62. The predicted octanol–water partition coefficient (Wildman–Crippen LogP) is 3.84. The summed E-state index contributed by atoms with van der Waals surface area (Å²) in [6, 6.07) is 8.43. The van der Waals surface area contributed by atoms with E-state index < -0.39 is 11.6 Å². The summed E-state index contributed by atoms with van der Waals surface area (Å²) < 4.78 is 31.8. The molecule has 96 valence electrons. The fourth-order valence-corrected chi connectivity index (χ4v) is 2.37. The van der Waals surface area contributed by atoms with Crippen LogP contribution in [0.25, 0.3) is 11.1 Å². The highest BCUT2D eigenvalue weighted by Crippen LogP contribution is 2.32. The SMILES string of the molecule is Nc1ccc2nc(Sc3ccc(F)cc3F)oc2c1. The van der Waals surface area contributed by atoms with Gasteiger partial charge < -0.3 is 10.2 Å². The molecule has 0 radical (unpaired) electrons. The first-order chi connectivity index (χ1) is 9.11. The Bertz CT molecular complexity index is 757. The van der Waals surface area contributed by atoms with Crippen LogP contribution < -0.4 is 5.73 Å². The lowest BCUT2D eigenvalue weighted by molar-refractivity contribution is 0.488. The molecule has 19 heavy (non-hydrogen) atoms. The van der Waals surface area contributed by atoms with Gasteiger partial charge in [0.15, 0.2) is 5.58 Å². The van der Waals surface area contributed by atoms with Crippen molar-refractivity contribution in [3.63, 3.8) is 0 Å². The molecule has 0 fully saturated rings. The van der Waals surface area contributed by atoms with E-state index in [0.717, 1.165) is 17.8 Å². The van der Waals surface area contributed by atoms with Crippen LogP contribution in [0.15, 0.2) is 50.9 Å². The number of fused-ring (bicyclic) bond motifs is 1. The van der Waals surface area contributed by atoms with Gasteiger partial charge in [-0.3, -0.25) is 0 Å². The third-order valence-electron chi connectivity index (χ3n) is 2.48. The Morgan fingerprint density at radius 3 is 2.74 bits per heavy atom. The number of nitrogens with zero attached hydrogens (tertiary/aromatic N) is 1. The van der Waals surface area contributed by atoms with E-state index in [4.69, 9.17) is 10.2 Å². The zero-order valence-corrected chi connectivity index (χ0v) is 10.4. The van der Waals surface area contributed by atoms with Gasteiger partial charge >= 0.3 is 0 Å². The van der Waals surface area contributed by atoms with Gasteiger partial charge in [-0.1, -0.05) is 0 Å². The van der Waals surface area contributed by atoms with Gasteiger partial charge in [-0.15, -0.1) is 0 Å². The Morgan fingerprint density at radius 1 is 1.11 bits per heavy atom. The molecule has 0 saturated carbocycles. The Kier molecular flexibility index (Phi) is 2.87. The Morgan fingerprint density at radius 2 is 1.95 bits per heavy atom. The molecular formula is C13H8F2N2OS. The van der Waals surface area contributed by atoms with Crippen LogP contribution in [0.1, 0.15) is 0 Å². The molecule has 0 unspecified atom stereocenters. The van der Waals surface area contributed by atoms with Crippen molar-refractivity contribution in [2.24, 2.45) is 0 Å². The van der Waals surface area contributed by atoms with Gasteiger partial charge in [0, 0.05) is 17.8 Å². The number of nitrogens with two attached hydrogens (primary N) is 1. The van der Waals surface area contributed by atoms with Crippen molar-refractivity contribution in [1.82, 2.24) is 4.98 Å². The predicted molar refractivity (Wildman–Crippen MR) is 68.9 cm³/mol. The first-order valence-electron chi connectivity index (χ1n) is 5.41. The van der Waals surface area contributed by atoms with Crippen molar-refractivity contribution in [2.45, 2.75) is 10.1 Å². The molecular weight excluding hydrogens is 270 g/mol. The maximum absolute atomic E-state index is 13.5. The minimum atomic E-state index is -0.647. The molecule has 6 heteroatoms. The smallest absolute Gasteiger partial charge is 0.261 e. The second-order valence-corrected chi connectivity index (χ2v) is 4.88. The third kappa shape index (κ3) is 2.39. The number of oxazole rings is 1. The van der Waals surface area contributed by atoms with Crippen molar-refractivity contribution < 1.29 is 13.2 Å². The lowest BCUT2D eigenvalue weighted by Crippen LogP contribution is -1.83. The van der Waals surface area contributed by atoms with Gasteiger partial charge in [0.25, 0.3) is 5.22 Å². The van der Waals surface area contributed by atoms with Crippen molar-refractivity contribution in [1.29, 1.82) is 0 Å². The molecule has 0 aliphatic carbocycles. The lowest BCUT2D eigenvalue weighted by atomic mass is 10.3. The van der Waals surface area contributed by atoms with Crippen molar-refractivity contribution in [2.75, 3.05) is 5.73 Å². The summed E-state index contributed by atoms with van der Waals surface area (Å²) in [5, 5.41) is 0.283. The summed E-state index contributed by atoms with van der Waals surface area (Å²) >= 11 is 0.994. The topological polar surface area (TPSA) is 52.0 Å². The number of anilines is 1. The number of nitrogen functional groups attached to an aromatic ring is 1. The van der Waals surface area contributed by atoms with E-state index in [1.54, 1.807) is 18.2 Å². The molecule has 2 N–H and O–H groups in total. The number of hydrogen-bond donors (Lipinski definition) is 1. The summed E-state index contributed by atoms with van der Waals surface area (Å²) in [5.74, 6) is -1.26. The first-order valence-corrected chi connectivity index (χ1v) is 6.22. The number of benzene rings is 2. The maximum Gasteiger partial charge on any atom is 0.261 e. The van der Waals surface area contributed by atoms with Gasteiger partial charge in [0.2, 0.25) is 0 Å². The molecule has 0 aliphatic rings. The van der Waals surface area contributed by atoms with Gasteiger partial charge in [0.05, 0.1) is 4.90 Å². The molecule has 2 aromatic carbocycles. The molecule has 1 aromatic heterocycles. The molecule has 3 nitrogen and oxygen atoms in total. The van der Waals surface area contributed by atoms with E-state index in [0.29, 0.717) is 16.8 Å². The lowest BCUT2D eigenvalue weighted by Gasteiger charge is -1.98. The average Bonchev–Trinajstić information content (AvgIpc) is 2.74. The number of halogens is 2. The Hall–Kier alpha value is -2.08. The van der Waals surface area contributed by atoms with E-state index in [1.807, 2.05) is 0 Å². The van der Waals surface area contributed by atoms with Crippen LogP contribution in [0.4, 0.5) is 14.5 Å². The standard InChI is InChI=1S/C13H8F2N2OS/c14-7-1-4-12(9(15)5-7)19-13-17-10-3-2-8(16)6-11(10)18-13/h1-6H,16H2. The molecule has 0 saturated heterocycles. The fraction of sp³-hybridized carbons (Fsp3) is 0. The first kappa shape index (κ1) is 12.0. The van der Waals surface area contributed by atoms with Crippen LogP contribution >= 0.6 is 11.8 Å². The minimum Gasteiger partial charge on any atom is -0.431 e. The van der Waals surface area contributed by atoms with Crippen molar-refractivity contribution in [3.05, 3.63) is 48.0 Å². The highest BCUT2D eigenvalue weighted by Gasteiger charge is 2.11. The summed E-state index contributed by atoms with van der Waals surface area (Å²) in [6.07, 6.45) is 0. The van der Waals surface area contributed by atoms with Crippen LogP contribution in [-0.2, 0) is 0 Å². The highest BCUT2D eigenvalue weighted by atomic mass is 32.2. The third-order valence-corrected chi connectivity index (χ3v) is 3.38. The zero-order valence-electron chi connectivity index (χ0n) is 9.56. The number of rotatable bonds is 2. The van der Waals surface area contributed by atoms with E-state index >= 15 is 0 Å². The van der Waals surface area contributed by atoms with Crippen LogP contribution in [0.5, 0.6) is 0 Å². The Labute approximate surface area is 111 Å². The van der Waals surface area contributed by atoms with Crippen LogP contribution in [0.3, 0.4) is 0 Å². The molecule has 0 aliphatic heterocycles. The van der Waals surface area contributed by atoms with Gasteiger partial charge in [-0.25, -0.2) is 13.8 Å². The maximum atomic E-state index is 13.5. The quantitative estimate of drug-likeness (QED) is 0.724. The van der Waals surface area contributed by atoms with Crippen molar-refractivity contribution >= 4 is 28.5 Å². The molecule has 3 rings (SSSR count). The largest absolute Gasteiger partial charge is 0.431 e. The summed E-state index contributed by atoms with van der Waals surface area (Å²) in [7, 11) is 0. The molecule has 0 amide bonds. The average molecular weight is 278 g/mol. The van der Waals surface area contributed by atoms with Gasteiger partial charge in [-0.05, 0) is 36.0 Å². The Balaban J connectivity index is 1.96. The van der Waals surface area contributed by atoms with Gasteiger partial charge in [0.1, 0.15) is 17.2 Å².